The molecular weight excluding hydrogens is 833 g/mol. The van der Waals surface area contributed by atoms with Crippen LogP contribution in [0.1, 0.15) is 86.1 Å². The summed E-state index contributed by atoms with van der Waals surface area (Å²) in [5.74, 6) is 0. The largest absolute Gasteiger partial charge is 0.310 e. The Labute approximate surface area is 406 Å². The summed E-state index contributed by atoms with van der Waals surface area (Å²) >= 11 is 0. The van der Waals surface area contributed by atoms with E-state index in [1.807, 2.05) is 0 Å². The summed E-state index contributed by atoms with van der Waals surface area (Å²) in [6.45, 7) is 14.3. The first-order valence-corrected chi connectivity index (χ1v) is 24.5. The van der Waals surface area contributed by atoms with E-state index in [0.717, 1.165) is 0 Å². The first kappa shape index (κ1) is 41.3. The number of hydrogen-bond donors (Lipinski definition) is 0. The van der Waals surface area contributed by atoms with Crippen LogP contribution in [0.4, 0.5) is 34.1 Å². The van der Waals surface area contributed by atoms with Crippen LogP contribution in [0.15, 0.2) is 206 Å². The molecule has 0 bridgehead atoms. The second-order valence-electron chi connectivity index (χ2n) is 21.1. The Hall–Kier alpha value is -7.94. The van der Waals surface area contributed by atoms with Crippen molar-refractivity contribution in [1.29, 1.82) is 0 Å². The molecule has 2 heterocycles. The van der Waals surface area contributed by atoms with Gasteiger partial charge in [-0.25, -0.2) is 0 Å². The van der Waals surface area contributed by atoms with Gasteiger partial charge in [-0.3, -0.25) is 0 Å². The highest BCUT2D eigenvalue weighted by molar-refractivity contribution is 5.96. The molecule has 0 saturated carbocycles. The predicted molar refractivity (Wildman–Crippen MR) is 293 cm³/mol. The molecule has 10 aromatic rings. The molecule has 3 aliphatic rings. The summed E-state index contributed by atoms with van der Waals surface area (Å²) in [6.07, 6.45) is 4.55. The second kappa shape index (κ2) is 15.0. The minimum absolute atomic E-state index is 0.158. The fraction of sp³-hybridized carbons (Fsp3) is 0.134. The van der Waals surface area contributed by atoms with Crippen LogP contribution in [0.25, 0.3) is 56.0 Å². The molecule has 13 rings (SSSR count). The zero-order valence-electron chi connectivity index (χ0n) is 40.2. The van der Waals surface area contributed by atoms with Gasteiger partial charge in [0.05, 0.1) is 22.7 Å². The van der Waals surface area contributed by atoms with Gasteiger partial charge in [-0.15, -0.1) is 0 Å². The van der Waals surface area contributed by atoms with E-state index < -0.39 is 0 Å². The van der Waals surface area contributed by atoms with Gasteiger partial charge in [-0.2, -0.15) is 0 Å². The van der Waals surface area contributed by atoms with Crippen LogP contribution in [0.3, 0.4) is 0 Å². The average molecular weight is 887 g/mol. The summed E-state index contributed by atoms with van der Waals surface area (Å²) < 4.78 is 0. The lowest BCUT2D eigenvalue weighted by Gasteiger charge is -2.43. The molecular formula is C67H54N2. The first-order chi connectivity index (χ1) is 33.4. The van der Waals surface area contributed by atoms with Crippen molar-refractivity contribution >= 4 is 67.8 Å². The van der Waals surface area contributed by atoms with Crippen LogP contribution in [-0.4, -0.2) is 0 Å². The van der Waals surface area contributed by atoms with Gasteiger partial charge in [0.2, 0.25) is 0 Å². The zero-order chi connectivity index (χ0) is 46.8. The van der Waals surface area contributed by atoms with Crippen LogP contribution in [-0.2, 0) is 16.2 Å². The van der Waals surface area contributed by atoms with E-state index in [1.54, 1.807) is 0 Å². The van der Waals surface area contributed by atoms with Gasteiger partial charge in [0, 0.05) is 27.6 Å². The van der Waals surface area contributed by atoms with Crippen molar-refractivity contribution in [2.75, 3.05) is 9.80 Å². The lowest BCUT2D eigenvalue weighted by atomic mass is 9.71. The number of hydrogen-bond acceptors (Lipinski definition) is 2. The fourth-order valence-corrected chi connectivity index (χ4v) is 12.1. The van der Waals surface area contributed by atoms with Crippen LogP contribution < -0.4 is 9.80 Å². The maximum atomic E-state index is 2.52. The molecule has 0 spiro atoms. The number of anilines is 6. The maximum absolute atomic E-state index is 2.52. The molecule has 2 nitrogen and oxygen atoms in total. The van der Waals surface area contributed by atoms with E-state index in [2.05, 4.69) is 270 Å². The molecule has 10 aromatic carbocycles. The zero-order valence-corrected chi connectivity index (χ0v) is 40.2. The van der Waals surface area contributed by atoms with E-state index in [-0.39, 0.29) is 16.2 Å². The van der Waals surface area contributed by atoms with Gasteiger partial charge in [0.1, 0.15) is 0 Å². The van der Waals surface area contributed by atoms with Crippen LogP contribution in [0.2, 0.25) is 0 Å². The van der Waals surface area contributed by atoms with Gasteiger partial charge < -0.3 is 9.80 Å². The van der Waals surface area contributed by atoms with E-state index in [9.17, 15) is 0 Å². The average Bonchev–Trinajstić information content (AvgIpc) is 3.59. The number of rotatable bonds is 5. The number of para-hydroxylation sites is 3. The Kier molecular flexibility index (Phi) is 8.99. The molecule has 0 N–H and O–H groups in total. The van der Waals surface area contributed by atoms with Crippen molar-refractivity contribution in [3.63, 3.8) is 0 Å². The third kappa shape index (κ3) is 6.31. The Morgan fingerprint density at radius 2 is 0.797 bits per heavy atom. The third-order valence-electron chi connectivity index (χ3n) is 15.9. The first-order valence-electron chi connectivity index (χ1n) is 24.5. The molecule has 69 heavy (non-hydrogen) atoms. The van der Waals surface area contributed by atoms with Crippen molar-refractivity contribution in [3.05, 3.63) is 251 Å². The molecule has 1 aliphatic carbocycles. The van der Waals surface area contributed by atoms with E-state index in [1.165, 1.54) is 122 Å². The third-order valence-corrected chi connectivity index (χ3v) is 15.9. The molecule has 2 aliphatic heterocycles. The summed E-state index contributed by atoms with van der Waals surface area (Å²) in [7, 11) is 0. The van der Waals surface area contributed by atoms with E-state index in [0.29, 0.717) is 0 Å². The van der Waals surface area contributed by atoms with Crippen molar-refractivity contribution in [2.45, 2.75) is 57.8 Å². The molecule has 0 atom stereocenters. The molecule has 0 saturated heterocycles. The molecule has 0 unspecified atom stereocenters. The number of benzene rings is 10. The molecule has 0 amide bonds. The van der Waals surface area contributed by atoms with Crippen molar-refractivity contribution in [3.8, 4) is 22.3 Å². The lowest BCUT2D eigenvalue weighted by molar-refractivity contribution is 0.627. The highest BCUT2D eigenvalue weighted by Crippen LogP contribution is 2.58. The molecule has 0 aromatic heterocycles. The van der Waals surface area contributed by atoms with Gasteiger partial charge in [0.15, 0.2) is 0 Å². The summed E-state index contributed by atoms with van der Waals surface area (Å²) in [4.78, 5) is 4.93. The van der Waals surface area contributed by atoms with Gasteiger partial charge in [0.25, 0.3) is 0 Å². The van der Waals surface area contributed by atoms with Gasteiger partial charge in [-0.1, -0.05) is 187 Å². The van der Waals surface area contributed by atoms with Gasteiger partial charge in [-0.05, 0) is 161 Å². The molecule has 0 fully saturated rings. The number of fused-ring (bicyclic) bond motifs is 9. The topological polar surface area (TPSA) is 6.48 Å². The monoisotopic (exact) mass is 886 g/mol. The minimum Gasteiger partial charge on any atom is -0.310 e. The van der Waals surface area contributed by atoms with Crippen LogP contribution in [0.5, 0.6) is 0 Å². The van der Waals surface area contributed by atoms with Gasteiger partial charge >= 0.3 is 0 Å². The van der Waals surface area contributed by atoms with Crippen molar-refractivity contribution < 1.29 is 0 Å². The summed E-state index contributed by atoms with van der Waals surface area (Å²) in [6, 6.07) is 77.1. The quantitative estimate of drug-likeness (QED) is 0.159. The van der Waals surface area contributed by atoms with Crippen LogP contribution in [0, 0.1) is 0 Å². The normalized spacial score (nSPS) is 15.6. The summed E-state index contributed by atoms with van der Waals surface area (Å²) in [5, 5.41) is 4.98. The fourth-order valence-electron chi connectivity index (χ4n) is 12.1. The van der Waals surface area contributed by atoms with Crippen molar-refractivity contribution in [2.24, 2.45) is 0 Å². The van der Waals surface area contributed by atoms with Crippen LogP contribution >= 0.6 is 0 Å². The highest BCUT2D eigenvalue weighted by atomic mass is 15.2. The number of nitrogens with zero attached hydrogens (tertiary/aromatic N) is 2. The molecule has 2 heteroatoms. The Balaban J connectivity index is 0.810. The molecule has 332 valence electrons. The Bertz CT molecular complexity index is 3770. The van der Waals surface area contributed by atoms with E-state index in [4.69, 9.17) is 0 Å². The Morgan fingerprint density at radius 3 is 1.55 bits per heavy atom. The maximum Gasteiger partial charge on any atom is 0.0506 e. The SMILES string of the molecule is CC1(C)c2cc(/C=C/c3ccc4cc(-c5ccc6c(c5)C(C)(C)c5ccccc5N6c5ccccc5)ccc4c3)ccc2-c2cc3c(cc21)N(c1ccc2ccccc2c1)c1ccccc1C3(C)C. The highest BCUT2D eigenvalue weighted by Gasteiger charge is 2.43. The second-order valence-corrected chi connectivity index (χ2v) is 21.1. The minimum atomic E-state index is -0.181. The summed E-state index contributed by atoms with van der Waals surface area (Å²) in [5.41, 5.74) is 22.5. The standard InChI is InChI=1S/C67H54N2/c1-65(2)55-20-12-14-22-61(55)68(51-18-8-7-9-19-51)63-35-32-50(40-59(63)65)49-30-29-47-36-43(26-28-48(47)38-49)24-25-44-27-34-53-54-41-60-64(42-58(54)67(5,6)57(53)37-44)69(62-23-15-13-21-56(62)66(60,3)4)52-33-31-45-16-10-11-17-46(45)39-52/h7-42H,1-6H3/b25-24+. The molecule has 0 radical (unpaired) electrons. The Morgan fingerprint density at radius 1 is 0.290 bits per heavy atom. The lowest BCUT2D eigenvalue weighted by Crippen LogP contribution is -2.31. The smallest absolute Gasteiger partial charge is 0.0506 e. The predicted octanol–water partition coefficient (Wildman–Crippen LogP) is 18.4. The van der Waals surface area contributed by atoms with Crippen molar-refractivity contribution in [1.82, 2.24) is 0 Å². The van der Waals surface area contributed by atoms with E-state index >= 15 is 0 Å².